The molecule has 0 atom stereocenters. The predicted molar refractivity (Wildman–Crippen MR) is 232 cm³/mol. The summed E-state index contributed by atoms with van der Waals surface area (Å²) in [7, 11) is 0. The van der Waals surface area contributed by atoms with Crippen LogP contribution in [0.2, 0.25) is 0 Å². The molecule has 0 amide bonds. The Bertz CT molecular complexity index is 2290. The average molecular weight is 935 g/mol. The molecule has 6 rings (SSSR count). The van der Waals surface area contributed by atoms with Crippen LogP contribution in [0.25, 0.3) is 54.4 Å². The molecule has 55 heavy (non-hydrogen) atoms. The molecule has 1 radical (unpaired) electrons. The maximum absolute atomic E-state index is 12.2. The van der Waals surface area contributed by atoms with E-state index in [0.29, 0.717) is 5.92 Å². The first-order chi connectivity index (χ1) is 25.5. The van der Waals surface area contributed by atoms with Gasteiger partial charge in [0.1, 0.15) is 17.1 Å². The van der Waals surface area contributed by atoms with Crippen LogP contribution in [0.15, 0.2) is 83.1 Å². The van der Waals surface area contributed by atoms with Crippen LogP contribution in [0.3, 0.4) is 0 Å². The summed E-state index contributed by atoms with van der Waals surface area (Å²) in [5.74, 6) is 1.78. The first-order valence-electron chi connectivity index (χ1n) is 19.8. The number of ketones is 1. The number of rotatable bonds is 11. The Morgan fingerprint density at radius 1 is 0.873 bits per heavy atom. The summed E-state index contributed by atoms with van der Waals surface area (Å²) >= 11 is 1.89. The van der Waals surface area contributed by atoms with E-state index in [0.717, 1.165) is 71.0 Å². The van der Waals surface area contributed by atoms with Gasteiger partial charge in [0.15, 0.2) is 5.78 Å². The van der Waals surface area contributed by atoms with Gasteiger partial charge < -0.3 is 9.52 Å². The molecule has 4 nitrogen and oxygen atoms in total. The van der Waals surface area contributed by atoms with Crippen LogP contribution < -0.4 is 0 Å². The molecule has 3 aromatic carbocycles. The van der Waals surface area contributed by atoms with Crippen LogP contribution >= 0.6 is 11.3 Å². The number of hydrogen-bond acceptors (Lipinski definition) is 5. The number of thiophene rings is 1. The number of furan rings is 1. The molecule has 3 heterocycles. The minimum atomic E-state index is -0.337. The van der Waals surface area contributed by atoms with E-state index in [1.807, 2.05) is 65.1 Å². The largest absolute Gasteiger partial charge is 0.512 e. The van der Waals surface area contributed by atoms with Crippen molar-refractivity contribution < 1.29 is 34.4 Å². The van der Waals surface area contributed by atoms with Crippen molar-refractivity contribution in [1.82, 2.24) is 4.98 Å². The summed E-state index contributed by atoms with van der Waals surface area (Å²) in [6.45, 7) is 25.7. The van der Waals surface area contributed by atoms with Gasteiger partial charge in [-0.1, -0.05) is 105 Å². The van der Waals surface area contributed by atoms with E-state index in [1.165, 1.54) is 37.6 Å². The number of allylic oxidation sites excluding steroid dienone is 2. The van der Waals surface area contributed by atoms with Gasteiger partial charge in [0.05, 0.1) is 0 Å². The second-order valence-corrected chi connectivity index (χ2v) is 18.2. The van der Waals surface area contributed by atoms with Gasteiger partial charge in [-0.2, -0.15) is 0 Å². The van der Waals surface area contributed by atoms with Crippen LogP contribution in [-0.4, -0.2) is 15.9 Å². The molecule has 0 spiro atoms. The number of aryl methyl sites for hydroxylation is 1. The van der Waals surface area contributed by atoms with E-state index >= 15 is 0 Å². The molecule has 1 N–H and O–H groups in total. The molecule has 295 valence electrons. The number of nitrogens with zero attached hydrogens (tertiary/aromatic N) is 1. The number of aromatic nitrogens is 1. The van der Waals surface area contributed by atoms with Crippen molar-refractivity contribution in [3.63, 3.8) is 0 Å². The second-order valence-electron chi connectivity index (χ2n) is 16.9. The van der Waals surface area contributed by atoms with Gasteiger partial charge in [0, 0.05) is 69.4 Å². The van der Waals surface area contributed by atoms with Crippen molar-refractivity contribution in [2.75, 3.05) is 0 Å². The molecule has 0 saturated heterocycles. The number of carbonyl (C=O) groups excluding carboxylic acids is 1. The second kappa shape index (κ2) is 17.7. The van der Waals surface area contributed by atoms with Crippen LogP contribution in [-0.2, 0) is 36.7 Å². The summed E-state index contributed by atoms with van der Waals surface area (Å²) in [6.07, 6.45) is 7.69. The van der Waals surface area contributed by atoms with Crippen molar-refractivity contribution in [3.05, 3.63) is 101 Å². The van der Waals surface area contributed by atoms with Gasteiger partial charge >= 0.3 is 0 Å². The molecular formula is C49H60IrNO3S-. The minimum absolute atomic E-state index is 0. The molecule has 0 bridgehead atoms. The fourth-order valence-electron chi connectivity index (χ4n) is 7.07. The summed E-state index contributed by atoms with van der Waals surface area (Å²) in [6, 6.07) is 25.3. The third-order valence-corrected chi connectivity index (χ3v) is 12.9. The molecule has 0 aliphatic heterocycles. The Labute approximate surface area is 347 Å². The summed E-state index contributed by atoms with van der Waals surface area (Å²) < 4.78 is 7.77. The number of aliphatic hydroxyl groups is 1. The maximum atomic E-state index is 12.2. The smallest absolute Gasteiger partial charge is 0.164 e. The van der Waals surface area contributed by atoms with E-state index in [4.69, 9.17) is 9.40 Å². The topological polar surface area (TPSA) is 63.3 Å². The number of fused-ring (bicyclic) bond motifs is 3. The van der Waals surface area contributed by atoms with Crippen molar-refractivity contribution in [2.45, 2.75) is 121 Å². The predicted octanol–water partition coefficient (Wildman–Crippen LogP) is 14.8. The zero-order valence-corrected chi connectivity index (χ0v) is 38.2. The molecule has 0 aliphatic carbocycles. The van der Waals surface area contributed by atoms with Gasteiger partial charge in [-0.05, 0) is 91.6 Å². The quantitative estimate of drug-likeness (QED) is 0.0799. The van der Waals surface area contributed by atoms with Crippen molar-refractivity contribution in [3.8, 4) is 22.6 Å². The fourth-order valence-corrected chi connectivity index (χ4v) is 8.14. The summed E-state index contributed by atoms with van der Waals surface area (Å²) in [5, 5.41) is 14.9. The van der Waals surface area contributed by atoms with Crippen molar-refractivity contribution in [2.24, 2.45) is 16.7 Å². The number of carbonyl (C=O) groups is 1. The third kappa shape index (κ3) is 9.36. The first-order valence-corrected chi connectivity index (χ1v) is 20.6. The third-order valence-electron chi connectivity index (χ3n) is 11.8. The van der Waals surface area contributed by atoms with Gasteiger partial charge in [0.2, 0.25) is 0 Å². The van der Waals surface area contributed by atoms with Gasteiger partial charge in [-0.15, -0.1) is 40.5 Å². The molecule has 0 saturated carbocycles. The number of benzene rings is 3. The van der Waals surface area contributed by atoms with E-state index in [2.05, 4.69) is 102 Å². The van der Waals surface area contributed by atoms with E-state index < -0.39 is 0 Å². The van der Waals surface area contributed by atoms with Crippen LogP contribution in [0, 0.1) is 29.7 Å². The zero-order chi connectivity index (χ0) is 39.6. The Morgan fingerprint density at radius 3 is 2.15 bits per heavy atom. The summed E-state index contributed by atoms with van der Waals surface area (Å²) in [5.41, 5.74) is 6.04. The molecule has 6 aromatic rings. The van der Waals surface area contributed by atoms with Crippen molar-refractivity contribution in [1.29, 1.82) is 0 Å². The molecular weight excluding hydrogens is 875 g/mol. The number of hydrogen-bond donors (Lipinski definition) is 1. The Morgan fingerprint density at radius 2 is 1.53 bits per heavy atom. The minimum Gasteiger partial charge on any atom is -0.512 e. The molecule has 3 aromatic heterocycles. The Hall–Kier alpha value is -3.57. The van der Waals surface area contributed by atoms with Gasteiger partial charge in [0.25, 0.3) is 0 Å². The first kappa shape index (κ1) is 44.1. The van der Waals surface area contributed by atoms with Crippen molar-refractivity contribution >= 4 is 48.9 Å². The monoisotopic (exact) mass is 935 g/mol. The van der Waals surface area contributed by atoms with Crippen LogP contribution in [0.1, 0.15) is 118 Å². The van der Waals surface area contributed by atoms with E-state index in [-0.39, 0.29) is 47.9 Å². The molecule has 0 unspecified atom stereocenters. The molecule has 0 aliphatic rings. The summed E-state index contributed by atoms with van der Waals surface area (Å²) in [4.78, 5) is 18.4. The normalized spacial score (nSPS) is 12.6. The number of aliphatic hydroxyl groups excluding tert-OH is 1. The van der Waals surface area contributed by atoms with E-state index in [9.17, 15) is 9.90 Å². The molecule has 0 fully saturated rings. The van der Waals surface area contributed by atoms with Crippen LogP contribution in [0.5, 0.6) is 0 Å². The van der Waals surface area contributed by atoms with Gasteiger partial charge in [-0.25, -0.2) is 0 Å². The standard InChI is InChI=1S/C34H32NOS.C15H28O2.Ir/c1-20(2)15-26-21(3)37-32-12-11-23(17-27(26)32)31-19-28-30(36-31)13-14-35-33(28)24-16-22-9-7-8-10-25(22)29(18-24)34(4,5)6;1-7-14(5,8-2)12(16)11-13(17)15(6,9-3)10-4;/h7-14,17-20H,15H2,1-6H3;11,16H,7-10H2,1-6H3;/q-1;;/b;12-11-;. The fraction of sp³-hybridized carbons (Fsp3) is 0.429. The Balaban J connectivity index is 0.000000320. The van der Waals surface area contributed by atoms with E-state index in [1.54, 1.807) is 0 Å². The average Bonchev–Trinajstić information content (AvgIpc) is 3.73. The SMILES string of the molecule is CCC(C)(CC)C(=O)/C=C(\O)C(C)(CC)CC.Cc1sc2ccc(-c3cc4c(-c5[c-]c6ccccc6c(C(C)(C)C)c5)nccc4o3)cc2c1CC(C)C.[Ir]. The maximum Gasteiger partial charge on any atom is 0.164 e. The van der Waals surface area contributed by atoms with Crippen LogP contribution in [0.4, 0.5) is 0 Å². The Kier molecular flexibility index (Phi) is 14.2. The molecule has 6 heteroatoms. The van der Waals surface area contributed by atoms with Gasteiger partial charge in [-0.3, -0.25) is 9.78 Å². The zero-order valence-electron chi connectivity index (χ0n) is 35.0. The number of pyridine rings is 1.